The Hall–Kier alpha value is -2.07. The number of nitrogens with zero attached hydrogens (tertiary/aromatic N) is 1. The molecule has 1 aromatic carbocycles. The topological polar surface area (TPSA) is 96.4 Å². The van der Waals surface area contributed by atoms with Crippen molar-refractivity contribution >= 4 is 32.5 Å². The number of anilines is 1. The van der Waals surface area contributed by atoms with Crippen molar-refractivity contribution < 1.29 is 27.1 Å². The summed E-state index contributed by atoms with van der Waals surface area (Å²) in [5, 5.41) is 9.86. The molecule has 0 atom stereocenters. The number of nitrogens with one attached hydrogen (secondary N) is 1. The largest absolute Gasteiger partial charge is 0.481 e. The van der Waals surface area contributed by atoms with Gasteiger partial charge in [-0.25, -0.2) is 22.2 Å². The Morgan fingerprint density at radius 1 is 1.38 bits per heavy atom. The number of thiazole rings is 1. The first kappa shape index (κ1) is 15.3. The number of benzene rings is 1. The molecule has 0 amide bonds. The highest BCUT2D eigenvalue weighted by molar-refractivity contribution is 7.93. The number of aromatic nitrogens is 1. The fourth-order valence-corrected chi connectivity index (χ4v) is 3.48. The Bertz CT molecular complexity index is 789. The number of halogens is 2. The number of carbonyl (C=O) groups is 1. The second-order valence-corrected chi connectivity index (χ2v) is 6.40. The molecule has 0 unspecified atom stereocenters. The van der Waals surface area contributed by atoms with Gasteiger partial charge in [0.1, 0.15) is 16.5 Å². The zero-order valence-electron chi connectivity index (χ0n) is 10.2. The lowest BCUT2D eigenvalue weighted by molar-refractivity contribution is -0.136. The molecule has 2 aromatic rings. The number of hydrogen-bond acceptors (Lipinski definition) is 5. The van der Waals surface area contributed by atoms with Crippen LogP contribution in [0.1, 0.15) is 5.69 Å². The second-order valence-electron chi connectivity index (χ2n) is 3.89. The van der Waals surface area contributed by atoms with E-state index in [-0.39, 0.29) is 17.2 Å². The fraction of sp³-hybridized carbons (Fsp3) is 0.0909. The van der Waals surface area contributed by atoms with Gasteiger partial charge in [0.15, 0.2) is 5.13 Å². The van der Waals surface area contributed by atoms with Crippen molar-refractivity contribution in [2.24, 2.45) is 0 Å². The molecule has 0 fully saturated rings. The highest BCUT2D eigenvalue weighted by atomic mass is 32.2. The molecule has 0 spiro atoms. The van der Waals surface area contributed by atoms with E-state index in [1.807, 2.05) is 4.72 Å². The van der Waals surface area contributed by atoms with Crippen molar-refractivity contribution in [2.75, 3.05) is 4.72 Å². The number of aliphatic carboxylic acids is 1. The summed E-state index contributed by atoms with van der Waals surface area (Å²) in [6.07, 6.45) is -0.358. The van der Waals surface area contributed by atoms with E-state index in [1.165, 1.54) is 5.38 Å². The van der Waals surface area contributed by atoms with Crippen LogP contribution in [0.4, 0.5) is 13.9 Å². The predicted molar refractivity (Wildman–Crippen MR) is 70.6 cm³/mol. The third-order valence-electron chi connectivity index (χ3n) is 2.29. The Balaban J connectivity index is 2.25. The molecule has 2 N–H and O–H groups in total. The summed E-state index contributed by atoms with van der Waals surface area (Å²) < 4.78 is 52.1. The summed E-state index contributed by atoms with van der Waals surface area (Å²) >= 11 is 0.861. The molecule has 0 aliphatic rings. The lowest BCUT2D eigenvalue weighted by Crippen LogP contribution is -2.14. The van der Waals surface area contributed by atoms with Crippen molar-refractivity contribution in [2.45, 2.75) is 11.3 Å². The van der Waals surface area contributed by atoms with Crippen molar-refractivity contribution in [3.63, 3.8) is 0 Å². The van der Waals surface area contributed by atoms with Crippen molar-refractivity contribution in [3.8, 4) is 0 Å². The van der Waals surface area contributed by atoms with E-state index >= 15 is 0 Å². The van der Waals surface area contributed by atoms with Gasteiger partial charge < -0.3 is 5.11 Å². The van der Waals surface area contributed by atoms with Crippen LogP contribution in [0.2, 0.25) is 0 Å². The molecular formula is C11H8F2N2O4S2. The van der Waals surface area contributed by atoms with Gasteiger partial charge in [0.2, 0.25) is 0 Å². The van der Waals surface area contributed by atoms with Crippen LogP contribution in [0.25, 0.3) is 0 Å². The van der Waals surface area contributed by atoms with Crippen LogP contribution in [0, 0.1) is 11.6 Å². The average molecular weight is 334 g/mol. The average Bonchev–Trinajstić information content (AvgIpc) is 2.73. The highest BCUT2D eigenvalue weighted by Crippen LogP contribution is 2.22. The third-order valence-corrected chi connectivity index (χ3v) is 4.60. The molecule has 10 heteroatoms. The Morgan fingerprint density at radius 3 is 2.71 bits per heavy atom. The molecule has 2 rings (SSSR count). The summed E-state index contributed by atoms with van der Waals surface area (Å²) in [7, 11) is -4.27. The summed E-state index contributed by atoms with van der Waals surface area (Å²) in [5.74, 6) is -3.24. The first-order valence-electron chi connectivity index (χ1n) is 5.42. The lowest BCUT2D eigenvalue weighted by atomic mass is 10.3. The van der Waals surface area contributed by atoms with Gasteiger partial charge in [0.25, 0.3) is 10.0 Å². The second kappa shape index (κ2) is 5.74. The van der Waals surface area contributed by atoms with Gasteiger partial charge in [-0.1, -0.05) is 0 Å². The van der Waals surface area contributed by atoms with Gasteiger partial charge in [-0.05, 0) is 12.1 Å². The number of hydrogen-bond donors (Lipinski definition) is 2. The maximum Gasteiger partial charge on any atom is 0.309 e. The van der Waals surface area contributed by atoms with Crippen LogP contribution in [-0.4, -0.2) is 24.5 Å². The van der Waals surface area contributed by atoms with E-state index in [4.69, 9.17) is 5.11 Å². The van der Waals surface area contributed by atoms with Crippen LogP contribution in [0.3, 0.4) is 0 Å². The minimum atomic E-state index is -4.27. The first-order valence-corrected chi connectivity index (χ1v) is 7.78. The number of sulfonamides is 1. The van der Waals surface area contributed by atoms with Gasteiger partial charge >= 0.3 is 5.97 Å². The van der Waals surface area contributed by atoms with Gasteiger partial charge in [0, 0.05) is 11.4 Å². The monoisotopic (exact) mass is 334 g/mol. The van der Waals surface area contributed by atoms with Gasteiger partial charge in [-0.3, -0.25) is 9.52 Å². The van der Waals surface area contributed by atoms with Crippen molar-refractivity contribution in [3.05, 3.63) is 40.9 Å². The Morgan fingerprint density at radius 2 is 2.10 bits per heavy atom. The fourth-order valence-electron chi connectivity index (χ4n) is 1.45. The maximum atomic E-state index is 13.5. The SMILES string of the molecule is O=C(O)Cc1csc(NS(=O)(=O)c2ccc(F)cc2F)n1. The van der Waals surface area contributed by atoms with Crippen molar-refractivity contribution in [1.82, 2.24) is 4.98 Å². The van der Waals surface area contributed by atoms with E-state index in [0.717, 1.165) is 23.5 Å². The molecule has 112 valence electrons. The lowest BCUT2D eigenvalue weighted by Gasteiger charge is -2.06. The molecule has 0 aliphatic carbocycles. The smallest absolute Gasteiger partial charge is 0.309 e. The molecule has 0 aliphatic heterocycles. The van der Waals surface area contributed by atoms with Crippen LogP contribution >= 0.6 is 11.3 Å². The summed E-state index contributed by atoms with van der Waals surface area (Å²) in [6, 6.07) is 2.06. The Kier molecular flexibility index (Phi) is 4.19. The van der Waals surface area contributed by atoms with Crippen molar-refractivity contribution in [1.29, 1.82) is 0 Å². The third kappa shape index (κ3) is 3.73. The zero-order chi connectivity index (χ0) is 15.6. The number of rotatable bonds is 5. The summed E-state index contributed by atoms with van der Waals surface area (Å²) in [4.78, 5) is 13.5. The maximum absolute atomic E-state index is 13.5. The molecule has 1 heterocycles. The van der Waals surface area contributed by atoms with Gasteiger partial charge in [-0.15, -0.1) is 11.3 Å². The number of carboxylic acid groups (broad SMARTS) is 1. The molecule has 0 bridgehead atoms. The highest BCUT2D eigenvalue weighted by Gasteiger charge is 2.21. The minimum Gasteiger partial charge on any atom is -0.481 e. The quantitative estimate of drug-likeness (QED) is 0.870. The molecule has 21 heavy (non-hydrogen) atoms. The molecular weight excluding hydrogens is 326 g/mol. The van der Waals surface area contributed by atoms with E-state index in [1.54, 1.807) is 0 Å². The molecule has 1 aromatic heterocycles. The molecule has 0 saturated carbocycles. The standard InChI is InChI=1S/C11H8F2N2O4S2/c12-6-1-2-9(8(13)3-6)21(18,19)15-11-14-7(5-20-11)4-10(16)17/h1-3,5H,4H2,(H,14,15)(H,16,17). The predicted octanol–water partition coefficient (Wildman–Crippen LogP) is 1.85. The zero-order valence-corrected chi connectivity index (χ0v) is 11.8. The van der Waals surface area contributed by atoms with Crippen LogP contribution in [-0.2, 0) is 21.2 Å². The van der Waals surface area contributed by atoms with Gasteiger partial charge in [-0.2, -0.15) is 0 Å². The van der Waals surface area contributed by atoms with E-state index in [0.29, 0.717) is 6.07 Å². The minimum absolute atomic E-state index is 0.102. The summed E-state index contributed by atoms with van der Waals surface area (Å²) in [5.41, 5.74) is 0.171. The normalized spacial score (nSPS) is 11.3. The summed E-state index contributed by atoms with van der Waals surface area (Å²) in [6.45, 7) is 0. The molecule has 0 saturated heterocycles. The molecule has 0 radical (unpaired) electrons. The number of carboxylic acids is 1. The Labute approximate surface area is 122 Å². The van der Waals surface area contributed by atoms with E-state index < -0.39 is 32.5 Å². The van der Waals surface area contributed by atoms with Crippen LogP contribution in [0.15, 0.2) is 28.5 Å². The van der Waals surface area contributed by atoms with Crippen LogP contribution < -0.4 is 4.72 Å². The molecule has 6 nitrogen and oxygen atoms in total. The van der Waals surface area contributed by atoms with Crippen LogP contribution in [0.5, 0.6) is 0 Å². The van der Waals surface area contributed by atoms with Gasteiger partial charge in [0.05, 0.1) is 12.1 Å². The first-order chi connectivity index (χ1) is 9.78. The van der Waals surface area contributed by atoms with E-state index in [2.05, 4.69) is 4.98 Å². The van der Waals surface area contributed by atoms with E-state index in [9.17, 15) is 22.0 Å².